The third-order valence-electron chi connectivity index (χ3n) is 4.32. The number of nitrogens with one attached hydrogen (secondary N) is 2. The number of nitrogens with zero attached hydrogens (tertiary/aromatic N) is 2. The van der Waals surface area contributed by atoms with Crippen LogP contribution >= 0.6 is 0 Å². The molecule has 1 aromatic heterocycles. The highest BCUT2D eigenvalue weighted by Crippen LogP contribution is 2.32. The second-order valence-electron chi connectivity index (χ2n) is 6.38. The third kappa shape index (κ3) is 4.18. The standard InChI is InChI=1S/C20H18N4O5/c25-18(23-13-5-6-16-17(9-13)29-8-7-28-16)10-21-19(26)11-24-12-22-15-4-2-1-3-14(15)20(24)27/h1-6,9,12H,7-8,10-11H2,(H,21,26)(H,23,25). The largest absolute Gasteiger partial charge is 0.486 e. The average Bonchev–Trinajstić information content (AvgIpc) is 2.74. The zero-order valence-electron chi connectivity index (χ0n) is 15.4. The van der Waals surface area contributed by atoms with E-state index >= 15 is 0 Å². The van der Waals surface area contributed by atoms with Gasteiger partial charge in [-0.1, -0.05) is 12.1 Å². The van der Waals surface area contributed by atoms with Crippen LogP contribution in [0.15, 0.2) is 53.6 Å². The molecule has 9 heteroatoms. The molecular weight excluding hydrogens is 376 g/mol. The number of anilines is 1. The Labute approximate surface area is 165 Å². The van der Waals surface area contributed by atoms with Crippen LogP contribution in [0, 0.1) is 0 Å². The molecule has 0 unspecified atom stereocenters. The SMILES string of the molecule is O=C(Cn1cnc2ccccc2c1=O)NCC(=O)Nc1ccc2c(c1)OCCO2. The lowest BCUT2D eigenvalue weighted by atomic mass is 10.2. The Bertz CT molecular complexity index is 1140. The van der Waals surface area contributed by atoms with Gasteiger partial charge in [0.05, 0.1) is 23.8 Å². The molecule has 0 aliphatic carbocycles. The summed E-state index contributed by atoms with van der Waals surface area (Å²) in [6.07, 6.45) is 1.32. The van der Waals surface area contributed by atoms with Crippen LogP contribution in [0.1, 0.15) is 0 Å². The Kier molecular flexibility index (Phi) is 5.10. The van der Waals surface area contributed by atoms with E-state index in [9.17, 15) is 14.4 Å². The Morgan fingerprint density at radius 1 is 1.03 bits per heavy atom. The molecule has 1 aliphatic rings. The van der Waals surface area contributed by atoms with Gasteiger partial charge >= 0.3 is 0 Å². The molecule has 9 nitrogen and oxygen atoms in total. The normalized spacial score (nSPS) is 12.4. The monoisotopic (exact) mass is 394 g/mol. The smallest absolute Gasteiger partial charge is 0.261 e. The molecule has 0 bridgehead atoms. The number of fused-ring (bicyclic) bond motifs is 2. The lowest BCUT2D eigenvalue weighted by Crippen LogP contribution is -2.37. The summed E-state index contributed by atoms with van der Waals surface area (Å²) >= 11 is 0. The number of amides is 2. The number of carbonyl (C=O) groups excluding carboxylic acids is 2. The van der Waals surface area contributed by atoms with Crippen LogP contribution in [0.5, 0.6) is 11.5 Å². The maximum atomic E-state index is 12.4. The first-order chi connectivity index (χ1) is 14.1. The molecule has 0 radical (unpaired) electrons. The van der Waals surface area contributed by atoms with Gasteiger partial charge in [-0.3, -0.25) is 19.0 Å². The summed E-state index contributed by atoms with van der Waals surface area (Å²) in [7, 11) is 0. The highest BCUT2D eigenvalue weighted by atomic mass is 16.6. The van der Waals surface area contributed by atoms with Crippen LogP contribution in [0.25, 0.3) is 10.9 Å². The summed E-state index contributed by atoms with van der Waals surface area (Å²) in [5, 5.41) is 5.60. The summed E-state index contributed by atoms with van der Waals surface area (Å²) in [4.78, 5) is 40.8. The number of carbonyl (C=O) groups is 2. The third-order valence-corrected chi connectivity index (χ3v) is 4.32. The van der Waals surface area contributed by atoms with Crippen molar-refractivity contribution in [3.63, 3.8) is 0 Å². The molecule has 2 heterocycles. The number of para-hydroxylation sites is 1. The van der Waals surface area contributed by atoms with E-state index < -0.39 is 11.8 Å². The number of benzene rings is 2. The first kappa shape index (κ1) is 18.5. The Morgan fingerprint density at radius 2 is 1.83 bits per heavy atom. The summed E-state index contributed by atoms with van der Waals surface area (Å²) in [5.74, 6) is 0.304. The summed E-state index contributed by atoms with van der Waals surface area (Å²) in [5.41, 5.74) is 0.780. The summed E-state index contributed by atoms with van der Waals surface area (Å²) < 4.78 is 12.1. The Morgan fingerprint density at radius 3 is 2.69 bits per heavy atom. The molecule has 3 aromatic rings. The predicted octanol–water partition coefficient (Wildman–Crippen LogP) is 0.923. The van der Waals surface area contributed by atoms with Gasteiger partial charge in [-0.2, -0.15) is 0 Å². The zero-order chi connectivity index (χ0) is 20.2. The molecule has 0 saturated heterocycles. The van der Waals surface area contributed by atoms with Crippen molar-refractivity contribution >= 4 is 28.4 Å². The van der Waals surface area contributed by atoms with Crippen LogP contribution in [0.2, 0.25) is 0 Å². The van der Waals surface area contributed by atoms with E-state index in [1.54, 1.807) is 42.5 Å². The minimum absolute atomic E-state index is 0.228. The topological polar surface area (TPSA) is 112 Å². The Hall–Kier alpha value is -3.88. The summed E-state index contributed by atoms with van der Waals surface area (Å²) in [6, 6.07) is 12.0. The molecule has 0 spiro atoms. The Balaban J connectivity index is 1.33. The fourth-order valence-electron chi connectivity index (χ4n) is 2.93. The van der Waals surface area contributed by atoms with Gasteiger partial charge in [0.1, 0.15) is 19.8 Å². The van der Waals surface area contributed by atoms with Crippen LogP contribution in [-0.2, 0) is 16.1 Å². The highest BCUT2D eigenvalue weighted by molar-refractivity contribution is 5.94. The fourth-order valence-corrected chi connectivity index (χ4v) is 2.93. The van der Waals surface area contributed by atoms with E-state index in [0.29, 0.717) is 41.3 Å². The molecule has 29 heavy (non-hydrogen) atoms. The molecule has 148 valence electrons. The predicted molar refractivity (Wildman–Crippen MR) is 105 cm³/mol. The van der Waals surface area contributed by atoms with Crippen molar-refractivity contribution in [3.05, 3.63) is 59.1 Å². The van der Waals surface area contributed by atoms with Crippen molar-refractivity contribution in [2.45, 2.75) is 6.54 Å². The van der Waals surface area contributed by atoms with Gasteiger partial charge in [0.2, 0.25) is 11.8 Å². The summed E-state index contributed by atoms with van der Waals surface area (Å²) in [6.45, 7) is 0.473. The van der Waals surface area contributed by atoms with E-state index in [1.165, 1.54) is 10.9 Å². The molecule has 4 rings (SSSR count). The molecule has 2 amide bonds. The lowest BCUT2D eigenvalue weighted by molar-refractivity contribution is -0.124. The van der Waals surface area contributed by atoms with Gasteiger partial charge in [-0.15, -0.1) is 0 Å². The van der Waals surface area contributed by atoms with E-state index in [-0.39, 0.29) is 18.6 Å². The molecule has 2 N–H and O–H groups in total. The number of hydrogen-bond acceptors (Lipinski definition) is 6. The zero-order valence-corrected chi connectivity index (χ0v) is 15.4. The van der Waals surface area contributed by atoms with Gasteiger partial charge in [0.15, 0.2) is 11.5 Å². The van der Waals surface area contributed by atoms with E-state index in [1.807, 2.05) is 0 Å². The quantitative estimate of drug-likeness (QED) is 0.666. The van der Waals surface area contributed by atoms with E-state index in [2.05, 4.69) is 15.6 Å². The van der Waals surface area contributed by atoms with Gasteiger partial charge < -0.3 is 20.1 Å². The van der Waals surface area contributed by atoms with Crippen LogP contribution < -0.4 is 25.7 Å². The van der Waals surface area contributed by atoms with E-state index in [0.717, 1.165) is 0 Å². The van der Waals surface area contributed by atoms with Gasteiger partial charge in [-0.05, 0) is 24.3 Å². The maximum Gasteiger partial charge on any atom is 0.261 e. The molecular formula is C20H18N4O5. The minimum atomic E-state index is -0.471. The highest BCUT2D eigenvalue weighted by Gasteiger charge is 2.13. The van der Waals surface area contributed by atoms with Crippen molar-refractivity contribution in [1.29, 1.82) is 0 Å². The van der Waals surface area contributed by atoms with Crippen molar-refractivity contribution in [2.75, 3.05) is 25.1 Å². The van der Waals surface area contributed by atoms with Crippen LogP contribution in [-0.4, -0.2) is 41.1 Å². The van der Waals surface area contributed by atoms with Crippen molar-refractivity contribution in [2.24, 2.45) is 0 Å². The van der Waals surface area contributed by atoms with Gasteiger partial charge in [0, 0.05) is 11.8 Å². The average molecular weight is 394 g/mol. The van der Waals surface area contributed by atoms with Gasteiger partial charge in [0.25, 0.3) is 5.56 Å². The number of aromatic nitrogens is 2. The second kappa shape index (κ2) is 8.01. The fraction of sp³-hybridized carbons (Fsp3) is 0.200. The first-order valence-corrected chi connectivity index (χ1v) is 9.00. The minimum Gasteiger partial charge on any atom is -0.486 e. The van der Waals surface area contributed by atoms with Crippen molar-refractivity contribution in [1.82, 2.24) is 14.9 Å². The molecule has 2 aromatic carbocycles. The number of hydrogen-bond donors (Lipinski definition) is 2. The van der Waals surface area contributed by atoms with Gasteiger partial charge in [-0.25, -0.2) is 4.98 Å². The van der Waals surface area contributed by atoms with E-state index in [4.69, 9.17) is 9.47 Å². The number of ether oxygens (including phenoxy) is 2. The molecule has 0 saturated carbocycles. The molecule has 0 fully saturated rings. The van der Waals surface area contributed by atoms with Crippen LogP contribution in [0.4, 0.5) is 5.69 Å². The van der Waals surface area contributed by atoms with Crippen molar-refractivity contribution in [3.8, 4) is 11.5 Å². The number of rotatable bonds is 5. The lowest BCUT2D eigenvalue weighted by Gasteiger charge is -2.19. The van der Waals surface area contributed by atoms with Crippen molar-refractivity contribution < 1.29 is 19.1 Å². The maximum absolute atomic E-state index is 12.4. The van der Waals surface area contributed by atoms with Crippen LogP contribution in [0.3, 0.4) is 0 Å². The molecule has 1 aliphatic heterocycles. The first-order valence-electron chi connectivity index (χ1n) is 9.00. The molecule has 0 atom stereocenters. The second-order valence-corrected chi connectivity index (χ2v) is 6.38.